The van der Waals surface area contributed by atoms with Gasteiger partial charge < -0.3 is 14.0 Å². The highest BCUT2D eigenvalue weighted by Crippen LogP contribution is 2.26. The number of aromatic nitrogens is 2. The smallest absolute Gasteiger partial charge is 0.153 e. The Balaban J connectivity index is 2.28. The molecule has 0 saturated heterocycles. The van der Waals surface area contributed by atoms with Crippen LogP contribution in [0, 0.1) is 11.6 Å². The van der Waals surface area contributed by atoms with Crippen LogP contribution in [-0.4, -0.2) is 36.5 Å². The summed E-state index contributed by atoms with van der Waals surface area (Å²) in [5.41, 5.74) is 0.501. The van der Waals surface area contributed by atoms with Gasteiger partial charge in [0.2, 0.25) is 0 Å². The molecule has 0 aliphatic carbocycles. The van der Waals surface area contributed by atoms with Gasteiger partial charge in [-0.2, -0.15) is 0 Å². The second-order valence-corrected chi connectivity index (χ2v) is 5.25. The van der Waals surface area contributed by atoms with E-state index in [0.717, 1.165) is 6.07 Å². The summed E-state index contributed by atoms with van der Waals surface area (Å²) in [5.74, 6) is -0.843. The van der Waals surface area contributed by atoms with Crippen LogP contribution in [0.1, 0.15) is 18.1 Å². The van der Waals surface area contributed by atoms with Crippen molar-refractivity contribution in [2.75, 3.05) is 26.9 Å². The van der Waals surface area contributed by atoms with Crippen molar-refractivity contribution in [1.82, 2.24) is 9.55 Å². The van der Waals surface area contributed by atoms with E-state index in [1.165, 1.54) is 6.07 Å². The molecule has 0 aliphatic heterocycles. The second kappa shape index (κ2) is 7.15. The Bertz CT molecular complexity index is 617. The summed E-state index contributed by atoms with van der Waals surface area (Å²) in [6, 6.07) is 2.07. The number of hydrogen-bond donors (Lipinski definition) is 0. The molecule has 7 heteroatoms. The first-order valence-corrected chi connectivity index (χ1v) is 7.04. The number of alkyl halides is 1. The Morgan fingerprint density at radius 3 is 2.71 bits per heavy atom. The van der Waals surface area contributed by atoms with Crippen LogP contribution in [-0.2, 0) is 16.0 Å². The second-order valence-electron chi connectivity index (χ2n) is 4.60. The molecule has 1 aromatic carbocycles. The van der Waals surface area contributed by atoms with Crippen LogP contribution in [0.5, 0.6) is 0 Å². The monoisotopic (exact) mass is 318 g/mol. The molecule has 0 saturated carbocycles. The van der Waals surface area contributed by atoms with Crippen molar-refractivity contribution in [2.24, 2.45) is 0 Å². The average Bonchev–Trinajstić information content (AvgIpc) is 2.78. The van der Waals surface area contributed by atoms with E-state index in [2.05, 4.69) is 4.98 Å². The molecular formula is C14H17ClF2N2O2. The van der Waals surface area contributed by atoms with Crippen LogP contribution in [0.3, 0.4) is 0 Å². The van der Waals surface area contributed by atoms with Crippen LogP contribution >= 0.6 is 11.6 Å². The molecule has 4 nitrogen and oxygen atoms in total. The van der Waals surface area contributed by atoms with E-state index in [0.29, 0.717) is 37.7 Å². The molecule has 2 rings (SSSR count). The maximum Gasteiger partial charge on any atom is 0.153 e. The first-order valence-electron chi connectivity index (χ1n) is 6.60. The quantitative estimate of drug-likeness (QED) is 0.580. The minimum Gasteiger partial charge on any atom is -0.382 e. The molecule has 1 aromatic heterocycles. The van der Waals surface area contributed by atoms with Crippen molar-refractivity contribution in [3.63, 3.8) is 0 Å². The molecule has 21 heavy (non-hydrogen) atoms. The van der Waals surface area contributed by atoms with Gasteiger partial charge >= 0.3 is 0 Å². The maximum atomic E-state index is 13.8. The highest BCUT2D eigenvalue weighted by molar-refractivity contribution is 6.20. The normalized spacial score (nSPS) is 13.0. The molecular weight excluding hydrogens is 302 g/mol. The lowest BCUT2D eigenvalue weighted by atomic mass is 10.3. The molecule has 0 aliphatic rings. The van der Waals surface area contributed by atoms with E-state index in [1.807, 2.05) is 0 Å². The van der Waals surface area contributed by atoms with Gasteiger partial charge in [0.25, 0.3) is 0 Å². The van der Waals surface area contributed by atoms with Crippen LogP contribution in [0.2, 0.25) is 0 Å². The number of ether oxygens (including phenoxy) is 2. The highest BCUT2D eigenvalue weighted by atomic mass is 35.5. The fourth-order valence-corrected chi connectivity index (χ4v) is 2.27. The summed E-state index contributed by atoms with van der Waals surface area (Å²) in [4.78, 5) is 4.18. The predicted molar refractivity (Wildman–Crippen MR) is 76.6 cm³/mol. The van der Waals surface area contributed by atoms with Gasteiger partial charge in [-0.15, -0.1) is 11.6 Å². The van der Waals surface area contributed by atoms with E-state index in [9.17, 15) is 8.78 Å². The molecule has 0 bridgehead atoms. The number of fused-ring (bicyclic) bond motifs is 1. The molecule has 1 unspecified atom stereocenters. The third-order valence-corrected chi connectivity index (χ3v) is 3.24. The number of nitrogens with zero attached hydrogens (tertiary/aromatic N) is 2. The third kappa shape index (κ3) is 3.70. The van der Waals surface area contributed by atoms with E-state index in [-0.39, 0.29) is 5.52 Å². The van der Waals surface area contributed by atoms with Crippen LogP contribution in [0.4, 0.5) is 8.78 Å². The topological polar surface area (TPSA) is 36.3 Å². The standard InChI is InChI=1S/C14H17ClF2N2O2/c1-9(15)14-18-13-11(17)7-10(16)8-12(13)19(14)3-4-21-6-5-20-2/h7-9H,3-6H2,1-2H3. The lowest BCUT2D eigenvalue weighted by Gasteiger charge is -2.11. The van der Waals surface area contributed by atoms with Crippen molar-refractivity contribution in [2.45, 2.75) is 18.8 Å². The molecule has 116 valence electrons. The summed E-state index contributed by atoms with van der Waals surface area (Å²) in [6.45, 7) is 3.47. The van der Waals surface area contributed by atoms with Gasteiger partial charge in [0.15, 0.2) is 5.82 Å². The zero-order chi connectivity index (χ0) is 15.4. The highest BCUT2D eigenvalue weighted by Gasteiger charge is 2.18. The molecule has 1 heterocycles. The molecule has 1 atom stereocenters. The van der Waals surface area contributed by atoms with Gasteiger partial charge in [-0.05, 0) is 13.0 Å². The van der Waals surface area contributed by atoms with E-state index >= 15 is 0 Å². The van der Waals surface area contributed by atoms with Crippen molar-refractivity contribution in [1.29, 1.82) is 0 Å². The van der Waals surface area contributed by atoms with Gasteiger partial charge in [-0.25, -0.2) is 13.8 Å². The van der Waals surface area contributed by atoms with E-state index in [1.54, 1.807) is 18.6 Å². The Labute approximate surface area is 126 Å². The zero-order valence-electron chi connectivity index (χ0n) is 11.9. The van der Waals surface area contributed by atoms with Crippen LogP contribution in [0.15, 0.2) is 12.1 Å². The molecule has 0 amide bonds. The fourth-order valence-electron chi connectivity index (χ4n) is 2.11. The number of benzene rings is 1. The summed E-state index contributed by atoms with van der Waals surface area (Å²) >= 11 is 6.07. The van der Waals surface area contributed by atoms with Crippen molar-refractivity contribution in [3.05, 3.63) is 29.6 Å². The minimum atomic E-state index is -0.692. The molecule has 0 N–H and O–H groups in total. The Morgan fingerprint density at radius 1 is 1.29 bits per heavy atom. The van der Waals surface area contributed by atoms with Crippen molar-refractivity contribution < 1.29 is 18.3 Å². The fraction of sp³-hybridized carbons (Fsp3) is 0.500. The number of rotatable bonds is 7. The number of imidazole rings is 1. The summed E-state index contributed by atoms with van der Waals surface area (Å²) in [6.07, 6.45) is 0. The summed E-state index contributed by atoms with van der Waals surface area (Å²) in [7, 11) is 1.59. The van der Waals surface area contributed by atoms with Gasteiger partial charge in [-0.3, -0.25) is 0 Å². The Morgan fingerprint density at radius 2 is 2.05 bits per heavy atom. The molecule has 0 spiro atoms. The maximum absolute atomic E-state index is 13.8. The number of halogens is 3. The third-order valence-electron chi connectivity index (χ3n) is 3.05. The lowest BCUT2D eigenvalue weighted by molar-refractivity contribution is 0.0667. The predicted octanol–water partition coefficient (Wildman–Crippen LogP) is 3.28. The van der Waals surface area contributed by atoms with E-state index in [4.69, 9.17) is 21.1 Å². The van der Waals surface area contributed by atoms with Gasteiger partial charge in [0, 0.05) is 19.7 Å². The van der Waals surface area contributed by atoms with Crippen molar-refractivity contribution in [3.8, 4) is 0 Å². The first kappa shape index (κ1) is 16.1. The number of methoxy groups -OCH3 is 1. The average molecular weight is 319 g/mol. The molecule has 0 fully saturated rings. The Kier molecular flexibility index (Phi) is 5.50. The Hall–Kier alpha value is -1.24. The molecule has 0 radical (unpaired) electrons. The zero-order valence-corrected chi connectivity index (χ0v) is 12.7. The molecule has 2 aromatic rings. The van der Waals surface area contributed by atoms with E-state index < -0.39 is 17.0 Å². The minimum absolute atomic E-state index is 0.121. The van der Waals surface area contributed by atoms with Crippen LogP contribution in [0.25, 0.3) is 11.0 Å². The summed E-state index contributed by atoms with van der Waals surface area (Å²) < 4.78 is 39.2. The van der Waals surface area contributed by atoms with Gasteiger partial charge in [-0.1, -0.05) is 0 Å². The van der Waals surface area contributed by atoms with Crippen LogP contribution < -0.4 is 0 Å². The largest absolute Gasteiger partial charge is 0.382 e. The first-order chi connectivity index (χ1) is 10.0. The summed E-state index contributed by atoms with van der Waals surface area (Å²) in [5, 5.41) is -0.418. The van der Waals surface area contributed by atoms with Crippen molar-refractivity contribution >= 4 is 22.6 Å². The van der Waals surface area contributed by atoms with Gasteiger partial charge in [0.1, 0.15) is 17.2 Å². The van der Waals surface area contributed by atoms with Gasteiger partial charge in [0.05, 0.1) is 30.7 Å². The number of hydrogen-bond acceptors (Lipinski definition) is 3. The lowest BCUT2D eigenvalue weighted by Crippen LogP contribution is -2.12. The SMILES string of the molecule is COCCOCCn1c(C(C)Cl)nc2c(F)cc(F)cc21.